The van der Waals surface area contributed by atoms with Crippen molar-refractivity contribution in [3.05, 3.63) is 33.7 Å². The van der Waals surface area contributed by atoms with Crippen molar-refractivity contribution in [1.82, 2.24) is 30.0 Å². The summed E-state index contributed by atoms with van der Waals surface area (Å²) in [4.78, 5) is 0. The van der Waals surface area contributed by atoms with Crippen molar-refractivity contribution < 1.29 is 0 Å². The van der Waals surface area contributed by atoms with Crippen LogP contribution < -0.4 is 0 Å². The van der Waals surface area contributed by atoms with Gasteiger partial charge in [0.25, 0.3) is 0 Å². The molecule has 20 heavy (non-hydrogen) atoms. The summed E-state index contributed by atoms with van der Waals surface area (Å²) in [7, 11) is 0. The van der Waals surface area contributed by atoms with Gasteiger partial charge < -0.3 is 0 Å². The Bertz CT molecular complexity index is 823. The summed E-state index contributed by atoms with van der Waals surface area (Å²) in [6.07, 6.45) is 0. The van der Waals surface area contributed by atoms with Crippen molar-refractivity contribution in [3.8, 4) is 11.4 Å². The third kappa shape index (κ3) is 1.84. The van der Waals surface area contributed by atoms with E-state index in [0.717, 1.165) is 28.1 Å². The largest absolute Gasteiger partial charge is 0.191 e. The highest BCUT2D eigenvalue weighted by Crippen LogP contribution is 2.25. The van der Waals surface area contributed by atoms with Crippen molar-refractivity contribution in [3.63, 3.8) is 0 Å². The van der Waals surface area contributed by atoms with Gasteiger partial charge in [0.15, 0.2) is 16.6 Å². The van der Waals surface area contributed by atoms with Gasteiger partial charge in [-0.15, -0.1) is 10.2 Å². The van der Waals surface area contributed by atoms with Gasteiger partial charge in [-0.1, -0.05) is 11.6 Å². The van der Waals surface area contributed by atoms with Crippen LogP contribution in [0, 0.1) is 27.7 Å². The van der Waals surface area contributed by atoms with Crippen molar-refractivity contribution >= 4 is 17.2 Å². The SMILES string of the molecule is Cc1cc(-c2nnc3c(C)c(C)c(Cl)nn23)c(C)nn1. The second-order valence-electron chi connectivity index (χ2n) is 4.78. The van der Waals surface area contributed by atoms with Crippen molar-refractivity contribution in [2.45, 2.75) is 27.7 Å². The maximum Gasteiger partial charge on any atom is 0.187 e. The van der Waals surface area contributed by atoms with E-state index < -0.39 is 0 Å². The molecule has 0 unspecified atom stereocenters. The molecule has 0 spiro atoms. The molecule has 0 saturated heterocycles. The Kier molecular flexibility index (Phi) is 2.90. The molecule has 0 bridgehead atoms. The summed E-state index contributed by atoms with van der Waals surface area (Å²) < 4.78 is 1.66. The molecule has 3 heterocycles. The molecule has 0 N–H and O–H groups in total. The zero-order valence-electron chi connectivity index (χ0n) is 11.6. The fourth-order valence-corrected chi connectivity index (χ4v) is 2.26. The van der Waals surface area contributed by atoms with E-state index in [1.165, 1.54) is 0 Å². The Morgan fingerprint density at radius 1 is 0.950 bits per heavy atom. The van der Waals surface area contributed by atoms with Gasteiger partial charge in [0.2, 0.25) is 0 Å². The van der Waals surface area contributed by atoms with E-state index in [-0.39, 0.29) is 0 Å². The maximum atomic E-state index is 6.16. The van der Waals surface area contributed by atoms with Crippen LogP contribution in [0.5, 0.6) is 0 Å². The molecule has 0 aliphatic carbocycles. The zero-order chi connectivity index (χ0) is 14.4. The third-order valence-corrected chi connectivity index (χ3v) is 3.74. The molecule has 0 aliphatic heterocycles. The van der Waals surface area contributed by atoms with Gasteiger partial charge in [0.05, 0.1) is 11.4 Å². The van der Waals surface area contributed by atoms with Gasteiger partial charge >= 0.3 is 0 Å². The molecule has 0 atom stereocenters. The standard InChI is InChI=1S/C13H13ClN6/c1-6-5-10(9(4)16-15-6)13-18-17-12-8(3)7(2)11(14)19-20(12)13/h5H,1-4H3. The summed E-state index contributed by atoms with van der Waals surface area (Å²) in [5.74, 6) is 0.625. The number of hydrogen-bond acceptors (Lipinski definition) is 5. The van der Waals surface area contributed by atoms with Crippen LogP contribution in [0.2, 0.25) is 5.15 Å². The average Bonchev–Trinajstić information content (AvgIpc) is 2.82. The highest BCUT2D eigenvalue weighted by atomic mass is 35.5. The van der Waals surface area contributed by atoms with Crippen molar-refractivity contribution in [2.75, 3.05) is 0 Å². The Hall–Kier alpha value is -2.08. The van der Waals surface area contributed by atoms with Crippen LogP contribution >= 0.6 is 11.6 Å². The molecule has 3 aromatic rings. The topological polar surface area (TPSA) is 68.9 Å². The molecule has 3 rings (SSSR count). The number of fused-ring (bicyclic) bond motifs is 1. The summed E-state index contributed by atoms with van der Waals surface area (Å²) >= 11 is 6.16. The van der Waals surface area contributed by atoms with Crippen LogP contribution in [0.25, 0.3) is 17.0 Å². The van der Waals surface area contributed by atoms with Gasteiger partial charge in [-0.05, 0) is 39.3 Å². The fraction of sp³-hybridized carbons (Fsp3) is 0.308. The van der Waals surface area contributed by atoms with Crippen LogP contribution in [0.15, 0.2) is 6.07 Å². The van der Waals surface area contributed by atoms with Crippen molar-refractivity contribution in [2.24, 2.45) is 0 Å². The molecule has 7 heteroatoms. The lowest BCUT2D eigenvalue weighted by Gasteiger charge is -2.06. The summed E-state index contributed by atoms with van der Waals surface area (Å²) in [6.45, 7) is 7.64. The fourth-order valence-electron chi connectivity index (χ4n) is 2.04. The number of halogens is 1. The maximum absolute atomic E-state index is 6.16. The molecule has 102 valence electrons. The molecule has 3 aromatic heterocycles. The molecule has 0 fully saturated rings. The van der Waals surface area contributed by atoms with Crippen LogP contribution in [0.3, 0.4) is 0 Å². The summed E-state index contributed by atoms with van der Waals surface area (Å²) in [6, 6.07) is 1.92. The number of aryl methyl sites for hydroxylation is 3. The Labute approximate surface area is 120 Å². The van der Waals surface area contributed by atoms with Gasteiger partial charge in [0, 0.05) is 11.1 Å². The smallest absolute Gasteiger partial charge is 0.187 e. The zero-order valence-corrected chi connectivity index (χ0v) is 12.4. The van der Waals surface area contributed by atoms with Gasteiger partial charge in [-0.3, -0.25) is 0 Å². The molecule has 0 amide bonds. The third-order valence-electron chi connectivity index (χ3n) is 3.38. The first kappa shape index (κ1) is 12.9. The Morgan fingerprint density at radius 3 is 2.45 bits per heavy atom. The van der Waals surface area contributed by atoms with E-state index in [4.69, 9.17) is 11.6 Å². The van der Waals surface area contributed by atoms with Crippen LogP contribution in [-0.2, 0) is 0 Å². The lowest BCUT2D eigenvalue weighted by atomic mass is 10.2. The second kappa shape index (κ2) is 4.49. The molecule has 0 saturated carbocycles. The average molecular weight is 289 g/mol. The molecular weight excluding hydrogens is 276 g/mol. The number of hydrogen-bond donors (Lipinski definition) is 0. The predicted molar refractivity (Wildman–Crippen MR) is 75.8 cm³/mol. The normalized spacial score (nSPS) is 11.2. The van der Waals surface area contributed by atoms with E-state index in [0.29, 0.717) is 16.6 Å². The molecule has 0 aromatic carbocycles. The number of aromatic nitrogens is 6. The highest BCUT2D eigenvalue weighted by molar-refractivity contribution is 6.30. The lowest BCUT2D eigenvalue weighted by Crippen LogP contribution is -2.02. The molecule has 0 aliphatic rings. The van der Waals surface area contributed by atoms with Crippen molar-refractivity contribution in [1.29, 1.82) is 0 Å². The Balaban J connectivity index is 2.36. The first-order chi connectivity index (χ1) is 9.49. The second-order valence-corrected chi connectivity index (χ2v) is 5.14. The van der Waals surface area contributed by atoms with E-state index >= 15 is 0 Å². The van der Waals surface area contributed by atoms with Gasteiger partial charge in [0.1, 0.15) is 0 Å². The van der Waals surface area contributed by atoms with E-state index in [1.54, 1.807) is 4.52 Å². The molecular formula is C13H13ClN6. The monoisotopic (exact) mass is 288 g/mol. The lowest BCUT2D eigenvalue weighted by molar-refractivity contribution is 0.900. The molecule has 0 radical (unpaired) electrons. The quantitative estimate of drug-likeness (QED) is 0.688. The minimum atomic E-state index is 0.451. The molecule has 6 nitrogen and oxygen atoms in total. The predicted octanol–water partition coefficient (Wildman–Crippen LogP) is 2.47. The van der Waals surface area contributed by atoms with Crippen LogP contribution in [0.4, 0.5) is 0 Å². The van der Waals surface area contributed by atoms with Crippen LogP contribution in [-0.4, -0.2) is 30.0 Å². The first-order valence-corrected chi connectivity index (χ1v) is 6.56. The summed E-state index contributed by atoms with van der Waals surface area (Å²) in [5.41, 5.74) is 5.05. The van der Waals surface area contributed by atoms with Gasteiger partial charge in [-0.25, -0.2) is 0 Å². The number of nitrogens with zero attached hydrogens (tertiary/aromatic N) is 6. The van der Waals surface area contributed by atoms with E-state index in [1.807, 2.05) is 33.8 Å². The van der Waals surface area contributed by atoms with E-state index in [9.17, 15) is 0 Å². The van der Waals surface area contributed by atoms with E-state index in [2.05, 4.69) is 25.5 Å². The first-order valence-electron chi connectivity index (χ1n) is 6.18. The highest BCUT2D eigenvalue weighted by Gasteiger charge is 2.17. The Morgan fingerprint density at radius 2 is 1.70 bits per heavy atom. The minimum absolute atomic E-state index is 0.451. The summed E-state index contributed by atoms with van der Waals surface area (Å²) in [5, 5.41) is 21.4. The van der Waals surface area contributed by atoms with Crippen LogP contribution in [0.1, 0.15) is 22.5 Å². The minimum Gasteiger partial charge on any atom is -0.191 e. The van der Waals surface area contributed by atoms with Gasteiger partial charge in [-0.2, -0.15) is 19.8 Å². The number of rotatable bonds is 1.